The molecule has 0 saturated carbocycles. The number of thioether (sulfide) groups is 1. The van der Waals surface area contributed by atoms with Crippen molar-refractivity contribution in [3.63, 3.8) is 0 Å². The first kappa shape index (κ1) is 19.2. The Morgan fingerprint density at radius 2 is 1.93 bits per heavy atom. The lowest BCUT2D eigenvalue weighted by Crippen LogP contribution is -2.28. The fourth-order valence-corrected chi connectivity index (χ4v) is 4.27. The molecule has 1 aliphatic rings. The van der Waals surface area contributed by atoms with Gasteiger partial charge in [-0.1, -0.05) is 60.4 Å². The van der Waals surface area contributed by atoms with Gasteiger partial charge in [-0.05, 0) is 42.3 Å². The molecule has 3 aromatic rings. The third-order valence-electron chi connectivity index (χ3n) is 4.43. The molecule has 29 heavy (non-hydrogen) atoms. The molecule has 4 rings (SSSR count). The summed E-state index contributed by atoms with van der Waals surface area (Å²) < 4.78 is 6.26. The van der Waals surface area contributed by atoms with E-state index in [9.17, 15) is 14.7 Å². The molecule has 2 aromatic carbocycles. The molecule has 1 aromatic heterocycles. The third kappa shape index (κ3) is 3.74. The molecule has 2 heterocycles. The molecule has 0 atom stereocenters. The van der Waals surface area contributed by atoms with Crippen molar-refractivity contribution in [1.29, 1.82) is 0 Å². The van der Waals surface area contributed by atoms with Crippen molar-refractivity contribution in [2.24, 2.45) is 0 Å². The van der Waals surface area contributed by atoms with Crippen LogP contribution in [0.4, 0.5) is 5.69 Å². The normalized spacial score (nSPS) is 15.3. The van der Waals surface area contributed by atoms with Gasteiger partial charge in [0, 0.05) is 11.6 Å². The number of rotatable bonds is 4. The van der Waals surface area contributed by atoms with Gasteiger partial charge in [-0.25, -0.2) is 0 Å². The molecule has 7 heteroatoms. The summed E-state index contributed by atoms with van der Waals surface area (Å²) in [5.41, 5.74) is 2.40. The van der Waals surface area contributed by atoms with Crippen molar-refractivity contribution in [2.75, 3.05) is 4.90 Å². The number of carboxylic acids is 1. The van der Waals surface area contributed by atoms with Crippen molar-refractivity contribution >= 4 is 51.9 Å². The Morgan fingerprint density at radius 3 is 2.69 bits per heavy atom. The van der Waals surface area contributed by atoms with Crippen LogP contribution in [0.2, 0.25) is 0 Å². The molecule has 0 unspecified atom stereocenters. The van der Waals surface area contributed by atoms with E-state index in [2.05, 4.69) is 0 Å². The lowest BCUT2D eigenvalue weighted by molar-refractivity contribution is -0.255. The van der Waals surface area contributed by atoms with Gasteiger partial charge in [0.1, 0.15) is 11.5 Å². The number of benzene rings is 2. The number of para-hydroxylation sites is 1. The first-order valence-corrected chi connectivity index (χ1v) is 9.92. The van der Waals surface area contributed by atoms with Crippen LogP contribution in [0.1, 0.15) is 21.7 Å². The van der Waals surface area contributed by atoms with Crippen LogP contribution in [0.15, 0.2) is 70.0 Å². The first-order chi connectivity index (χ1) is 13.9. The average molecular weight is 420 g/mol. The molecular formula is C22H14NO4S2-. The minimum atomic E-state index is -1.25. The van der Waals surface area contributed by atoms with Gasteiger partial charge in [0.05, 0.1) is 16.6 Å². The maximum atomic E-state index is 12.9. The Kier molecular flexibility index (Phi) is 5.08. The minimum absolute atomic E-state index is 0.0690. The summed E-state index contributed by atoms with van der Waals surface area (Å²) >= 11 is 6.62. The molecule has 1 aliphatic heterocycles. The Morgan fingerprint density at radius 1 is 1.14 bits per heavy atom. The van der Waals surface area contributed by atoms with Gasteiger partial charge in [0.2, 0.25) is 0 Å². The van der Waals surface area contributed by atoms with Gasteiger partial charge >= 0.3 is 0 Å². The summed E-state index contributed by atoms with van der Waals surface area (Å²) in [7, 11) is 0. The summed E-state index contributed by atoms with van der Waals surface area (Å²) in [5.74, 6) is -0.484. The molecule has 0 bridgehead atoms. The van der Waals surface area contributed by atoms with E-state index in [1.165, 1.54) is 28.8 Å². The highest BCUT2D eigenvalue weighted by atomic mass is 32.2. The van der Waals surface area contributed by atoms with Gasteiger partial charge in [-0.2, -0.15) is 0 Å². The van der Waals surface area contributed by atoms with E-state index in [4.69, 9.17) is 16.6 Å². The van der Waals surface area contributed by atoms with E-state index in [-0.39, 0.29) is 11.5 Å². The third-order valence-corrected chi connectivity index (χ3v) is 5.74. The van der Waals surface area contributed by atoms with Crippen molar-refractivity contribution in [3.8, 4) is 11.3 Å². The highest BCUT2D eigenvalue weighted by Crippen LogP contribution is 2.37. The minimum Gasteiger partial charge on any atom is -0.545 e. The first-order valence-electron chi connectivity index (χ1n) is 8.69. The van der Waals surface area contributed by atoms with E-state index in [0.717, 1.165) is 11.3 Å². The number of nitrogens with zero attached hydrogens (tertiary/aromatic N) is 1. The number of aryl methyl sites for hydroxylation is 1. The highest BCUT2D eigenvalue weighted by molar-refractivity contribution is 8.27. The van der Waals surface area contributed by atoms with Crippen molar-refractivity contribution < 1.29 is 19.1 Å². The maximum Gasteiger partial charge on any atom is 0.270 e. The molecule has 1 amide bonds. The van der Waals surface area contributed by atoms with Crippen LogP contribution in [0, 0.1) is 6.92 Å². The number of carbonyl (C=O) groups excluding carboxylic acids is 2. The summed E-state index contributed by atoms with van der Waals surface area (Å²) in [5, 5.41) is 11.1. The fourth-order valence-electron chi connectivity index (χ4n) is 3.00. The van der Waals surface area contributed by atoms with Crippen LogP contribution in [-0.4, -0.2) is 16.2 Å². The van der Waals surface area contributed by atoms with Crippen LogP contribution in [-0.2, 0) is 4.79 Å². The molecule has 5 nitrogen and oxygen atoms in total. The van der Waals surface area contributed by atoms with Gasteiger partial charge < -0.3 is 14.3 Å². The predicted octanol–water partition coefficient (Wildman–Crippen LogP) is 4.02. The summed E-state index contributed by atoms with van der Waals surface area (Å²) in [6, 6.07) is 17.3. The number of hydrogen-bond donors (Lipinski definition) is 0. The monoisotopic (exact) mass is 420 g/mol. The Bertz CT molecular complexity index is 1180. The summed E-state index contributed by atoms with van der Waals surface area (Å²) in [6.45, 7) is 1.93. The van der Waals surface area contributed by atoms with Crippen LogP contribution in [0.25, 0.3) is 17.4 Å². The van der Waals surface area contributed by atoms with E-state index in [0.29, 0.717) is 26.3 Å². The Labute approximate surface area is 176 Å². The van der Waals surface area contributed by atoms with Gasteiger partial charge in [0.25, 0.3) is 5.91 Å². The molecule has 1 fully saturated rings. The molecule has 1 saturated heterocycles. The number of hydrogen-bond acceptors (Lipinski definition) is 6. The predicted molar refractivity (Wildman–Crippen MR) is 115 cm³/mol. The number of anilines is 1. The Hall–Kier alpha value is -3.16. The second-order valence-electron chi connectivity index (χ2n) is 6.37. The van der Waals surface area contributed by atoms with Crippen LogP contribution >= 0.6 is 24.0 Å². The maximum absolute atomic E-state index is 12.9. The molecule has 0 N–H and O–H groups in total. The largest absolute Gasteiger partial charge is 0.545 e. The summed E-state index contributed by atoms with van der Waals surface area (Å²) in [6.07, 6.45) is 1.64. The standard InChI is InChI=1S/C22H15NO4S2/c1-13-5-2-3-8-17(13)23-20(24)19(29-22(23)28)12-16-9-10-18(27-16)14-6-4-7-15(11-14)21(25)26/h2-12H,1H3,(H,25,26)/p-1/b19-12-. The van der Waals surface area contributed by atoms with E-state index in [1.54, 1.807) is 30.3 Å². The zero-order valence-electron chi connectivity index (χ0n) is 15.2. The lowest BCUT2D eigenvalue weighted by atomic mass is 10.1. The van der Waals surface area contributed by atoms with Gasteiger partial charge in [0.15, 0.2) is 4.32 Å². The highest BCUT2D eigenvalue weighted by Gasteiger charge is 2.34. The quantitative estimate of drug-likeness (QED) is 0.469. The molecular weight excluding hydrogens is 406 g/mol. The average Bonchev–Trinajstić information content (AvgIpc) is 3.28. The number of carboxylic acid groups (broad SMARTS) is 1. The van der Waals surface area contributed by atoms with E-state index >= 15 is 0 Å². The van der Waals surface area contributed by atoms with Crippen molar-refractivity contribution in [1.82, 2.24) is 0 Å². The van der Waals surface area contributed by atoms with Crippen molar-refractivity contribution in [3.05, 3.63) is 82.5 Å². The zero-order valence-corrected chi connectivity index (χ0v) is 16.9. The Balaban J connectivity index is 1.62. The molecule has 0 spiro atoms. The number of carbonyl (C=O) groups is 2. The number of thiocarbonyl (C=S) groups is 1. The fraction of sp³-hybridized carbons (Fsp3) is 0.0455. The number of amides is 1. The molecule has 144 valence electrons. The SMILES string of the molecule is Cc1ccccc1N1C(=O)/C(=C/c2ccc(-c3cccc(C(=O)[O-])c3)o2)SC1=S. The lowest BCUT2D eigenvalue weighted by Gasteiger charge is -2.16. The van der Waals surface area contributed by atoms with Crippen LogP contribution in [0.5, 0.6) is 0 Å². The zero-order chi connectivity index (χ0) is 20.5. The molecule has 0 radical (unpaired) electrons. The second kappa shape index (κ2) is 7.69. The van der Waals surface area contributed by atoms with Gasteiger partial charge in [-0.3, -0.25) is 9.69 Å². The molecule has 0 aliphatic carbocycles. The number of aromatic carboxylic acids is 1. The van der Waals surface area contributed by atoms with Gasteiger partial charge in [-0.15, -0.1) is 0 Å². The second-order valence-corrected chi connectivity index (χ2v) is 8.05. The summed E-state index contributed by atoms with van der Waals surface area (Å²) in [4.78, 5) is 25.9. The number of furan rings is 1. The van der Waals surface area contributed by atoms with E-state index in [1.807, 2.05) is 31.2 Å². The topological polar surface area (TPSA) is 73.6 Å². The smallest absolute Gasteiger partial charge is 0.270 e. The van der Waals surface area contributed by atoms with Crippen LogP contribution < -0.4 is 10.0 Å². The van der Waals surface area contributed by atoms with Crippen molar-refractivity contribution in [2.45, 2.75) is 6.92 Å². The van der Waals surface area contributed by atoms with E-state index < -0.39 is 5.97 Å². The van der Waals surface area contributed by atoms with Crippen LogP contribution in [0.3, 0.4) is 0 Å².